The first kappa shape index (κ1) is 28.2. The second-order valence-electron chi connectivity index (χ2n) is 9.83. The third-order valence-electron chi connectivity index (χ3n) is 7.08. The van der Waals surface area contributed by atoms with E-state index in [1.807, 2.05) is 0 Å². The molecule has 38 heavy (non-hydrogen) atoms. The van der Waals surface area contributed by atoms with Crippen LogP contribution in [0.3, 0.4) is 0 Å². The summed E-state index contributed by atoms with van der Waals surface area (Å²) in [5.41, 5.74) is 1.42. The van der Waals surface area contributed by atoms with Crippen molar-refractivity contribution in [2.75, 3.05) is 38.5 Å². The molecule has 1 aromatic heterocycles. The predicted molar refractivity (Wildman–Crippen MR) is 147 cm³/mol. The number of fused-ring (bicyclic) bond motifs is 1. The fourth-order valence-electron chi connectivity index (χ4n) is 4.85. The smallest absolute Gasteiger partial charge is 0.321 e. The van der Waals surface area contributed by atoms with Gasteiger partial charge in [0.05, 0.1) is 10.5 Å². The quantitative estimate of drug-likeness (QED) is 0.476. The van der Waals surface area contributed by atoms with E-state index >= 15 is 0 Å². The molecule has 12 heteroatoms. The van der Waals surface area contributed by atoms with Gasteiger partial charge in [0, 0.05) is 43.7 Å². The first-order valence-electron chi connectivity index (χ1n) is 13.0. The minimum atomic E-state index is -3.62. The van der Waals surface area contributed by atoms with Gasteiger partial charge >= 0.3 is 6.03 Å². The molecular formula is C26H35N5O5S2. The molecule has 2 aliphatic rings. The van der Waals surface area contributed by atoms with Crippen LogP contribution in [0, 0.1) is 5.92 Å². The monoisotopic (exact) mass is 561 g/mol. The summed E-state index contributed by atoms with van der Waals surface area (Å²) < 4.78 is 27.6. The Kier molecular flexibility index (Phi) is 8.86. The minimum absolute atomic E-state index is 0.150. The summed E-state index contributed by atoms with van der Waals surface area (Å²) in [4.78, 5) is 41.4. The largest absolute Gasteiger partial charge is 0.341 e. The van der Waals surface area contributed by atoms with Crippen LogP contribution < -0.4 is 16.0 Å². The molecule has 206 valence electrons. The number of anilines is 1. The van der Waals surface area contributed by atoms with Gasteiger partial charge < -0.3 is 10.6 Å². The average Bonchev–Trinajstić information content (AvgIpc) is 3.26. The number of hydrogen-bond donors (Lipinski definition) is 3. The first-order valence-corrected chi connectivity index (χ1v) is 15.2. The molecule has 2 aliphatic heterocycles. The Hall–Kier alpha value is -2.80. The van der Waals surface area contributed by atoms with Crippen LogP contribution in [0.5, 0.6) is 0 Å². The molecule has 3 N–H and O–H groups in total. The van der Waals surface area contributed by atoms with Crippen molar-refractivity contribution in [1.29, 1.82) is 0 Å². The van der Waals surface area contributed by atoms with E-state index < -0.39 is 27.9 Å². The summed E-state index contributed by atoms with van der Waals surface area (Å²) in [6.45, 7) is 7.61. The van der Waals surface area contributed by atoms with Gasteiger partial charge in [0.1, 0.15) is 5.00 Å². The number of thiophene rings is 1. The minimum Gasteiger partial charge on any atom is -0.341 e. The molecule has 0 unspecified atom stereocenters. The van der Waals surface area contributed by atoms with Crippen molar-refractivity contribution in [1.82, 2.24) is 19.8 Å². The Balaban J connectivity index is 1.55. The Labute approximate surface area is 227 Å². The fourth-order valence-corrected chi connectivity index (χ4v) is 7.60. The van der Waals surface area contributed by atoms with Crippen LogP contribution >= 0.6 is 11.3 Å². The third kappa shape index (κ3) is 6.09. The summed E-state index contributed by atoms with van der Waals surface area (Å²) >= 11 is 1.34. The molecule has 2 aromatic rings. The molecule has 0 bridgehead atoms. The van der Waals surface area contributed by atoms with Gasteiger partial charge in [0.25, 0.3) is 11.8 Å². The van der Waals surface area contributed by atoms with E-state index in [2.05, 4.69) is 34.7 Å². The summed E-state index contributed by atoms with van der Waals surface area (Å²) in [5.74, 6) is -0.523. The molecular weight excluding hydrogens is 526 g/mol. The van der Waals surface area contributed by atoms with Crippen LogP contribution in [0.4, 0.5) is 9.80 Å². The lowest BCUT2D eigenvalue weighted by Crippen LogP contribution is -2.38. The molecule has 1 fully saturated rings. The van der Waals surface area contributed by atoms with Gasteiger partial charge in [-0.2, -0.15) is 4.31 Å². The summed E-state index contributed by atoms with van der Waals surface area (Å²) in [6, 6.07) is 5.23. The summed E-state index contributed by atoms with van der Waals surface area (Å²) in [6.07, 6.45) is 3.31. The number of rotatable bonds is 7. The SMILES string of the molecule is CCCN1CCc2c(sc(NC(=O)c3ccc(S(=O)(=O)N4CCC(C)CC4)cc3)c2C(=O)NC(=O)NC)C1. The Morgan fingerprint density at radius 1 is 1.05 bits per heavy atom. The highest BCUT2D eigenvalue weighted by Gasteiger charge is 2.30. The Morgan fingerprint density at radius 3 is 2.37 bits per heavy atom. The fraction of sp³-hybridized carbons (Fsp3) is 0.500. The van der Waals surface area contributed by atoms with Crippen molar-refractivity contribution in [3.63, 3.8) is 0 Å². The maximum atomic E-state index is 13.2. The van der Waals surface area contributed by atoms with Crippen molar-refractivity contribution >= 4 is 44.2 Å². The number of imide groups is 1. The van der Waals surface area contributed by atoms with Gasteiger partial charge in [0.2, 0.25) is 10.0 Å². The molecule has 10 nitrogen and oxygen atoms in total. The zero-order valence-electron chi connectivity index (χ0n) is 22.0. The second kappa shape index (κ2) is 11.9. The number of urea groups is 1. The van der Waals surface area contributed by atoms with E-state index in [1.165, 1.54) is 47.0 Å². The predicted octanol–water partition coefficient (Wildman–Crippen LogP) is 3.26. The lowest BCUT2D eigenvalue weighted by Gasteiger charge is -2.29. The molecule has 4 amide bonds. The molecule has 1 aromatic carbocycles. The van der Waals surface area contributed by atoms with E-state index in [0.717, 1.165) is 42.8 Å². The second-order valence-corrected chi connectivity index (χ2v) is 12.9. The third-order valence-corrected chi connectivity index (χ3v) is 10.1. The Bertz CT molecular complexity index is 1300. The van der Waals surface area contributed by atoms with E-state index in [1.54, 1.807) is 0 Å². The number of benzene rings is 1. The van der Waals surface area contributed by atoms with Crippen LogP contribution in [0.25, 0.3) is 0 Å². The number of piperidine rings is 1. The molecule has 4 rings (SSSR count). The number of nitrogens with zero attached hydrogens (tertiary/aromatic N) is 2. The number of sulfonamides is 1. The van der Waals surface area contributed by atoms with Crippen LogP contribution in [0.15, 0.2) is 29.2 Å². The number of amides is 4. The van der Waals surface area contributed by atoms with Crippen molar-refractivity contribution in [2.45, 2.75) is 51.0 Å². The van der Waals surface area contributed by atoms with Gasteiger partial charge in [-0.3, -0.25) is 19.8 Å². The lowest BCUT2D eigenvalue weighted by molar-refractivity contribution is 0.0964. The highest BCUT2D eigenvalue weighted by Crippen LogP contribution is 2.37. The average molecular weight is 562 g/mol. The van der Waals surface area contributed by atoms with Crippen molar-refractivity contribution in [2.24, 2.45) is 5.92 Å². The van der Waals surface area contributed by atoms with Crippen molar-refractivity contribution < 1.29 is 22.8 Å². The van der Waals surface area contributed by atoms with E-state index in [-0.39, 0.29) is 10.5 Å². The summed E-state index contributed by atoms with van der Waals surface area (Å²) in [5, 5.41) is 7.90. The number of nitrogens with one attached hydrogen (secondary N) is 3. The van der Waals surface area contributed by atoms with Gasteiger partial charge in [-0.1, -0.05) is 13.8 Å². The van der Waals surface area contributed by atoms with Gasteiger partial charge in [0.15, 0.2) is 0 Å². The van der Waals surface area contributed by atoms with E-state index in [4.69, 9.17) is 0 Å². The maximum Gasteiger partial charge on any atom is 0.321 e. The maximum absolute atomic E-state index is 13.2. The topological polar surface area (TPSA) is 128 Å². The number of carbonyl (C=O) groups excluding carboxylic acids is 3. The van der Waals surface area contributed by atoms with Crippen LogP contribution in [-0.2, 0) is 23.0 Å². The normalized spacial score (nSPS) is 17.0. The van der Waals surface area contributed by atoms with E-state index in [9.17, 15) is 22.8 Å². The first-order chi connectivity index (χ1) is 18.1. The molecule has 1 saturated heterocycles. The van der Waals surface area contributed by atoms with Crippen molar-refractivity contribution in [3.05, 3.63) is 45.8 Å². The van der Waals surface area contributed by atoms with Crippen LogP contribution in [0.1, 0.15) is 64.3 Å². The highest BCUT2D eigenvalue weighted by atomic mass is 32.2. The van der Waals surface area contributed by atoms with Gasteiger partial charge in [-0.05, 0) is 68.0 Å². The zero-order chi connectivity index (χ0) is 27.4. The molecule has 0 aliphatic carbocycles. The number of carbonyl (C=O) groups is 3. The summed E-state index contributed by atoms with van der Waals surface area (Å²) in [7, 11) is -2.20. The number of hydrogen-bond acceptors (Lipinski definition) is 7. The van der Waals surface area contributed by atoms with E-state index in [0.29, 0.717) is 42.5 Å². The van der Waals surface area contributed by atoms with Gasteiger partial charge in [-0.25, -0.2) is 13.2 Å². The molecule has 0 spiro atoms. The van der Waals surface area contributed by atoms with Gasteiger partial charge in [-0.15, -0.1) is 11.3 Å². The molecule has 0 atom stereocenters. The standard InChI is InChI=1S/C26H35N5O5S2/c1-4-12-30-13-11-20-21(16-30)37-25(22(20)24(33)29-26(34)27-3)28-23(32)18-5-7-19(8-6-18)38(35,36)31-14-9-17(2)10-15-31/h5-8,17H,4,9-16H2,1-3H3,(H,28,32)(H2,27,29,33,34). The lowest BCUT2D eigenvalue weighted by atomic mass is 10.0. The zero-order valence-corrected chi connectivity index (χ0v) is 23.6. The molecule has 0 saturated carbocycles. The highest BCUT2D eigenvalue weighted by molar-refractivity contribution is 7.89. The van der Waals surface area contributed by atoms with Crippen LogP contribution in [0.2, 0.25) is 0 Å². The van der Waals surface area contributed by atoms with Crippen molar-refractivity contribution in [3.8, 4) is 0 Å². The molecule has 0 radical (unpaired) electrons. The molecule has 3 heterocycles. The van der Waals surface area contributed by atoms with Crippen LogP contribution in [-0.4, -0.2) is 68.7 Å². The Morgan fingerprint density at radius 2 is 1.74 bits per heavy atom.